The van der Waals surface area contributed by atoms with Crippen LogP contribution in [-0.4, -0.2) is 16.5 Å². The number of nitrogens with one attached hydrogen (secondary N) is 1. The smallest absolute Gasteiger partial charge is 0.144 e. The maximum atomic E-state index is 6.02. The molecule has 0 spiro atoms. The highest BCUT2D eigenvalue weighted by atomic mass is 79.9. The predicted octanol–water partition coefficient (Wildman–Crippen LogP) is 3.61. The molecule has 16 heavy (non-hydrogen) atoms. The van der Waals surface area contributed by atoms with Crippen LogP contribution in [-0.2, 0) is 6.42 Å². The zero-order valence-electron chi connectivity index (χ0n) is 8.28. The summed E-state index contributed by atoms with van der Waals surface area (Å²) < 4.78 is 0.878. The molecule has 0 amide bonds. The Labute approximate surface area is 111 Å². The van der Waals surface area contributed by atoms with E-state index in [9.17, 15) is 0 Å². The summed E-state index contributed by atoms with van der Waals surface area (Å²) in [7, 11) is 0. The van der Waals surface area contributed by atoms with E-state index in [0.717, 1.165) is 22.4 Å². The Kier molecular flexibility index (Phi) is 4.15. The molecule has 0 atom stereocenters. The molecule has 0 radical (unpaired) electrons. The van der Waals surface area contributed by atoms with Gasteiger partial charge >= 0.3 is 0 Å². The molecule has 0 aliphatic rings. The maximum absolute atomic E-state index is 6.02. The van der Waals surface area contributed by atoms with E-state index in [1.165, 1.54) is 0 Å². The Morgan fingerprint density at radius 2 is 2.31 bits per heavy atom. The highest BCUT2D eigenvalue weighted by Gasteiger charge is 2.02. The fraction of sp³-hybridized carbons (Fsp3) is 0.200. The van der Waals surface area contributed by atoms with Gasteiger partial charge in [0.2, 0.25) is 0 Å². The first-order chi connectivity index (χ1) is 7.75. The number of thiazole rings is 1. The number of anilines is 1. The molecule has 0 saturated heterocycles. The quantitative estimate of drug-likeness (QED) is 0.936. The van der Waals surface area contributed by atoms with E-state index in [0.29, 0.717) is 10.8 Å². The molecular weight excluding hydrogens is 310 g/mol. The van der Waals surface area contributed by atoms with Gasteiger partial charge in [0.1, 0.15) is 5.82 Å². The number of hydrogen-bond acceptors (Lipinski definition) is 4. The Hall–Kier alpha value is -0.650. The minimum Gasteiger partial charge on any atom is -0.368 e. The topological polar surface area (TPSA) is 37.8 Å². The third-order valence-electron chi connectivity index (χ3n) is 1.92. The molecular formula is C10H9BrClN3S. The van der Waals surface area contributed by atoms with E-state index in [-0.39, 0.29) is 0 Å². The van der Waals surface area contributed by atoms with Crippen LogP contribution in [0, 0.1) is 0 Å². The van der Waals surface area contributed by atoms with Crippen LogP contribution in [0.1, 0.15) is 5.01 Å². The van der Waals surface area contributed by atoms with E-state index in [1.54, 1.807) is 17.5 Å². The van der Waals surface area contributed by atoms with Gasteiger partial charge in [-0.3, -0.25) is 0 Å². The number of halogens is 2. The molecule has 6 heteroatoms. The summed E-state index contributed by atoms with van der Waals surface area (Å²) >= 11 is 11.0. The third-order valence-corrected chi connectivity index (χ3v) is 3.48. The van der Waals surface area contributed by atoms with Crippen LogP contribution in [0.5, 0.6) is 0 Å². The van der Waals surface area contributed by atoms with E-state index in [1.807, 2.05) is 17.6 Å². The molecule has 0 aliphatic heterocycles. The van der Waals surface area contributed by atoms with E-state index in [2.05, 4.69) is 31.2 Å². The molecule has 0 saturated carbocycles. The summed E-state index contributed by atoms with van der Waals surface area (Å²) in [5, 5.41) is 6.88. The van der Waals surface area contributed by atoms with Crippen LogP contribution in [0.15, 0.2) is 28.3 Å². The second-order valence-corrected chi connectivity index (χ2v) is 5.39. The van der Waals surface area contributed by atoms with Crippen molar-refractivity contribution in [2.45, 2.75) is 6.42 Å². The number of pyridine rings is 1. The van der Waals surface area contributed by atoms with Gasteiger partial charge in [0.25, 0.3) is 0 Å². The fourth-order valence-electron chi connectivity index (χ4n) is 1.21. The zero-order valence-corrected chi connectivity index (χ0v) is 11.4. The second kappa shape index (κ2) is 5.61. The van der Waals surface area contributed by atoms with Crippen molar-refractivity contribution in [1.82, 2.24) is 9.97 Å². The highest BCUT2D eigenvalue weighted by molar-refractivity contribution is 9.10. The third kappa shape index (κ3) is 3.17. The number of rotatable bonds is 4. The molecule has 2 rings (SSSR count). The Balaban J connectivity index is 1.90. The van der Waals surface area contributed by atoms with Gasteiger partial charge in [0, 0.05) is 35.2 Å². The van der Waals surface area contributed by atoms with Crippen LogP contribution < -0.4 is 5.32 Å². The lowest BCUT2D eigenvalue weighted by Crippen LogP contribution is -2.06. The van der Waals surface area contributed by atoms with Gasteiger partial charge in [-0.25, -0.2) is 9.97 Å². The number of hydrogen-bond donors (Lipinski definition) is 1. The second-order valence-electron chi connectivity index (χ2n) is 3.09. The van der Waals surface area contributed by atoms with Crippen LogP contribution in [0.3, 0.4) is 0 Å². The van der Waals surface area contributed by atoms with Gasteiger partial charge in [-0.05, 0) is 22.0 Å². The summed E-state index contributed by atoms with van der Waals surface area (Å²) in [5.41, 5.74) is 0. The lowest BCUT2D eigenvalue weighted by Gasteiger charge is -2.06. The summed E-state index contributed by atoms with van der Waals surface area (Å²) in [5.74, 6) is 0.710. The molecule has 2 aromatic heterocycles. The SMILES string of the molecule is Clc1cc(Br)cnc1NCCc1nccs1. The zero-order chi connectivity index (χ0) is 11.4. The van der Waals surface area contributed by atoms with Crippen molar-refractivity contribution in [2.24, 2.45) is 0 Å². The molecule has 0 aromatic carbocycles. The molecule has 0 fully saturated rings. The van der Waals surface area contributed by atoms with Crippen molar-refractivity contribution in [2.75, 3.05) is 11.9 Å². The van der Waals surface area contributed by atoms with Gasteiger partial charge in [0.15, 0.2) is 0 Å². The molecule has 0 aliphatic carbocycles. The van der Waals surface area contributed by atoms with Crippen molar-refractivity contribution >= 4 is 44.7 Å². The van der Waals surface area contributed by atoms with Crippen LogP contribution in [0.4, 0.5) is 5.82 Å². The summed E-state index contributed by atoms with van der Waals surface area (Å²) in [6, 6.07) is 1.82. The van der Waals surface area contributed by atoms with Crippen LogP contribution >= 0.6 is 38.9 Å². The van der Waals surface area contributed by atoms with Crippen molar-refractivity contribution in [1.29, 1.82) is 0 Å². The van der Waals surface area contributed by atoms with Crippen LogP contribution in [0.2, 0.25) is 5.02 Å². The van der Waals surface area contributed by atoms with Crippen molar-refractivity contribution in [3.8, 4) is 0 Å². The average molecular weight is 319 g/mol. The van der Waals surface area contributed by atoms with Crippen molar-refractivity contribution < 1.29 is 0 Å². The van der Waals surface area contributed by atoms with E-state index in [4.69, 9.17) is 11.6 Å². The number of nitrogens with zero attached hydrogens (tertiary/aromatic N) is 2. The van der Waals surface area contributed by atoms with Crippen molar-refractivity contribution in [3.05, 3.63) is 38.3 Å². The minimum atomic E-state index is 0.619. The molecule has 3 nitrogen and oxygen atoms in total. The monoisotopic (exact) mass is 317 g/mol. The molecule has 0 unspecified atom stereocenters. The Bertz CT molecular complexity index is 461. The summed E-state index contributed by atoms with van der Waals surface area (Å²) in [6.07, 6.45) is 4.41. The van der Waals surface area contributed by atoms with E-state index >= 15 is 0 Å². The first-order valence-corrected chi connectivity index (χ1v) is 6.74. The first kappa shape index (κ1) is 11.8. The van der Waals surface area contributed by atoms with Gasteiger partial charge < -0.3 is 5.32 Å². The minimum absolute atomic E-state index is 0.619. The normalized spacial score (nSPS) is 10.4. The molecule has 2 heterocycles. The molecule has 84 valence electrons. The Morgan fingerprint density at radius 1 is 1.44 bits per heavy atom. The van der Waals surface area contributed by atoms with Gasteiger partial charge in [-0.2, -0.15) is 0 Å². The number of aromatic nitrogens is 2. The standard InChI is InChI=1S/C10H9BrClN3S/c11-7-5-8(12)10(15-6-7)14-2-1-9-13-3-4-16-9/h3-6H,1-2H2,(H,14,15). The lowest BCUT2D eigenvalue weighted by atomic mass is 10.4. The van der Waals surface area contributed by atoms with Gasteiger partial charge in [-0.1, -0.05) is 11.6 Å². The van der Waals surface area contributed by atoms with E-state index < -0.39 is 0 Å². The lowest BCUT2D eigenvalue weighted by molar-refractivity contribution is 0.987. The summed E-state index contributed by atoms with van der Waals surface area (Å²) in [6.45, 7) is 0.780. The maximum Gasteiger partial charge on any atom is 0.144 e. The van der Waals surface area contributed by atoms with Crippen LogP contribution in [0.25, 0.3) is 0 Å². The Morgan fingerprint density at radius 3 is 3.00 bits per heavy atom. The average Bonchev–Trinajstić information content (AvgIpc) is 2.74. The highest BCUT2D eigenvalue weighted by Crippen LogP contribution is 2.22. The molecule has 1 N–H and O–H groups in total. The first-order valence-electron chi connectivity index (χ1n) is 4.69. The largest absolute Gasteiger partial charge is 0.368 e. The summed E-state index contributed by atoms with van der Waals surface area (Å²) in [4.78, 5) is 8.39. The predicted molar refractivity (Wildman–Crippen MR) is 71.3 cm³/mol. The van der Waals surface area contributed by atoms with Gasteiger partial charge in [0.05, 0.1) is 10.0 Å². The van der Waals surface area contributed by atoms with Gasteiger partial charge in [-0.15, -0.1) is 11.3 Å². The fourth-order valence-corrected chi connectivity index (χ4v) is 2.53. The molecule has 2 aromatic rings. The van der Waals surface area contributed by atoms with Crippen molar-refractivity contribution in [3.63, 3.8) is 0 Å². The molecule has 0 bridgehead atoms.